The Morgan fingerprint density at radius 1 is 1.33 bits per heavy atom. The van der Waals surface area contributed by atoms with Gasteiger partial charge in [-0.1, -0.05) is 6.92 Å². The van der Waals surface area contributed by atoms with Gasteiger partial charge >= 0.3 is 0 Å². The van der Waals surface area contributed by atoms with Crippen molar-refractivity contribution in [2.45, 2.75) is 59.3 Å². The molecule has 1 atom stereocenters. The van der Waals surface area contributed by atoms with E-state index in [0.29, 0.717) is 6.54 Å². The summed E-state index contributed by atoms with van der Waals surface area (Å²) < 4.78 is 0. The summed E-state index contributed by atoms with van der Waals surface area (Å²) in [6.45, 7) is 6.63. The lowest BCUT2D eigenvalue weighted by Crippen LogP contribution is -2.32. The number of rotatable bonds is 6. The van der Waals surface area contributed by atoms with Crippen LogP contribution in [0.15, 0.2) is 0 Å². The van der Waals surface area contributed by atoms with Crippen LogP contribution in [0.5, 0.6) is 0 Å². The number of H-pyrrole nitrogens is 1. The Morgan fingerprint density at radius 2 is 2.12 bits per heavy atom. The van der Waals surface area contributed by atoms with Crippen LogP contribution in [0.3, 0.4) is 0 Å². The maximum atomic E-state index is 12.3. The Balaban J connectivity index is 1.47. The molecule has 3 rings (SSSR count). The van der Waals surface area contributed by atoms with Gasteiger partial charge in [-0.25, -0.2) is 4.98 Å². The molecule has 130 valence electrons. The number of aryl methyl sites for hydroxylation is 4. The van der Waals surface area contributed by atoms with Crippen molar-refractivity contribution in [1.29, 1.82) is 0 Å². The molecule has 2 heterocycles. The number of carbonyl (C=O) groups is 1. The van der Waals surface area contributed by atoms with Crippen molar-refractivity contribution in [3.05, 3.63) is 32.5 Å². The summed E-state index contributed by atoms with van der Waals surface area (Å²) in [5.74, 6) is 0.0563. The summed E-state index contributed by atoms with van der Waals surface area (Å²) in [4.78, 5) is 18.5. The van der Waals surface area contributed by atoms with E-state index in [-0.39, 0.29) is 11.8 Å². The third-order valence-corrected chi connectivity index (χ3v) is 5.98. The first-order chi connectivity index (χ1) is 11.5. The Kier molecular flexibility index (Phi) is 5.33. The van der Waals surface area contributed by atoms with E-state index in [1.807, 2.05) is 32.1 Å². The molecule has 0 spiro atoms. The predicted molar refractivity (Wildman–Crippen MR) is 96.4 cm³/mol. The standard InChI is InChI=1S/C18H26N4OS/c1-11(10-14-12(2)21-22-13(14)3)18(23)19-9-8-17-20-15-6-4-5-7-16(15)24-17/h11H,4-10H2,1-3H3,(H,19,23)(H,21,22)/t11-/m1/s1. The molecule has 2 aromatic rings. The Labute approximate surface area is 147 Å². The molecule has 0 radical (unpaired) electrons. The maximum Gasteiger partial charge on any atom is 0.223 e. The molecule has 0 unspecified atom stereocenters. The molecule has 0 saturated carbocycles. The summed E-state index contributed by atoms with van der Waals surface area (Å²) in [5, 5.41) is 11.4. The lowest BCUT2D eigenvalue weighted by Gasteiger charge is -2.12. The van der Waals surface area contributed by atoms with Crippen molar-refractivity contribution in [3.63, 3.8) is 0 Å². The van der Waals surface area contributed by atoms with E-state index in [0.717, 1.165) is 41.2 Å². The fraction of sp³-hybridized carbons (Fsp3) is 0.611. The Hall–Kier alpha value is -1.69. The van der Waals surface area contributed by atoms with Crippen LogP contribution < -0.4 is 5.32 Å². The van der Waals surface area contributed by atoms with Crippen LogP contribution in [0.2, 0.25) is 0 Å². The van der Waals surface area contributed by atoms with Gasteiger partial charge in [0, 0.05) is 29.5 Å². The fourth-order valence-corrected chi connectivity index (χ4v) is 4.41. The average Bonchev–Trinajstić information content (AvgIpc) is 3.12. The van der Waals surface area contributed by atoms with E-state index >= 15 is 0 Å². The smallest absolute Gasteiger partial charge is 0.223 e. The molecule has 0 aliphatic heterocycles. The van der Waals surface area contributed by atoms with Gasteiger partial charge in [-0.2, -0.15) is 5.10 Å². The highest BCUT2D eigenvalue weighted by Crippen LogP contribution is 2.26. The van der Waals surface area contributed by atoms with Gasteiger partial charge in [0.1, 0.15) is 0 Å². The number of amides is 1. The van der Waals surface area contributed by atoms with Crippen LogP contribution in [-0.4, -0.2) is 27.6 Å². The minimum absolute atomic E-state index is 0.0514. The zero-order chi connectivity index (χ0) is 17.1. The second-order valence-corrected chi connectivity index (χ2v) is 7.91. The molecule has 1 aliphatic rings. The zero-order valence-corrected chi connectivity index (χ0v) is 15.6. The van der Waals surface area contributed by atoms with Crippen LogP contribution in [-0.2, 0) is 30.5 Å². The van der Waals surface area contributed by atoms with E-state index in [2.05, 4.69) is 15.5 Å². The van der Waals surface area contributed by atoms with Gasteiger partial charge in [0.25, 0.3) is 0 Å². The summed E-state index contributed by atoms with van der Waals surface area (Å²) >= 11 is 1.83. The topological polar surface area (TPSA) is 70.7 Å². The van der Waals surface area contributed by atoms with Crippen molar-refractivity contribution in [2.75, 3.05) is 6.54 Å². The molecule has 2 aromatic heterocycles. The van der Waals surface area contributed by atoms with Crippen LogP contribution >= 0.6 is 11.3 Å². The zero-order valence-electron chi connectivity index (χ0n) is 14.7. The fourth-order valence-electron chi connectivity index (χ4n) is 3.25. The third kappa shape index (κ3) is 3.86. The highest BCUT2D eigenvalue weighted by atomic mass is 32.1. The molecule has 6 heteroatoms. The van der Waals surface area contributed by atoms with E-state index in [1.165, 1.54) is 29.8 Å². The van der Waals surface area contributed by atoms with Gasteiger partial charge in [0.15, 0.2) is 0 Å². The van der Waals surface area contributed by atoms with Gasteiger partial charge in [0.2, 0.25) is 5.91 Å². The van der Waals surface area contributed by atoms with Crippen LogP contribution in [0.1, 0.15) is 52.3 Å². The quantitative estimate of drug-likeness (QED) is 0.845. The number of fused-ring (bicyclic) bond motifs is 1. The number of nitrogens with one attached hydrogen (secondary N) is 2. The summed E-state index contributed by atoms with van der Waals surface area (Å²) in [6, 6.07) is 0. The van der Waals surface area contributed by atoms with E-state index < -0.39 is 0 Å². The Morgan fingerprint density at radius 3 is 2.83 bits per heavy atom. The van der Waals surface area contributed by atoms with E-state index in [9.17, 15) is 4.79 Å². The molecule has 1 amide bonds. The number of hydrogen-bond acceptors (Lipinski definition) is 4. The molecule has 0 saturated heterocycles. The molecule has 0 aromatic carbocycles. The van der Waals surface area contributed by atoms with Crippen molar-refractivity contribution in [3.8, 4) is 0 Å². The molecule has 1 aliphatic carbocycles. The highest BCUT2D eigenvalue weighted by molar-refractivity contribution is 7.11. The van der Waals surface area contributed by atoms with Crippen molar-refractivity contribution in [1.82, 2.24) is 20.5 Å². The lowest BCUT2D eigenvalue weighted by atomic mass is 9.99. The Bertz CT molecular complexity index is 676. The first kappa shape index (κ1) is 17.1. The van der Waals surface area contributed by atoms with E-state index in [4.69, 9.17) is 4.98 Å². The minimum Gasteiger partial charge on any atom is -0.355 e. The molecule has 24 heavy (non-hydrogen) atoms. The third-order valence-electron chi connectivity index (χ3n) is 4.77. The predicted octanol–water partition coefficient (Wildman–Crippen LogP) is 2.90. The number of aromatic nitrogens is 3. The molecule has 0 bridgehead atoms. The van der Waals surface area contributed by atoms with Gasteiger partial charge in [-0.3, -0.25) is 9.89 Å². The number of nitrogens with zero attached hydrogens (tertiary/aromatic N) is 2. The lowest BCUT2D eigenvalue weighted by molar-refractivity contribution is -0.124. The molecule has 0 fully saturated rings. The average molecular weight is 347 g/mol. The first-order valence-electron chi connectivity index (χ1n) is 8.80. The van der Waals surface area contributed by atoms with Crippen LogP contribution in [0.4, 0.5) is 0 Å². The maximum absolute atomic E-state index is 12.3. The van der Waals surface area contributed by atoms with E-state index in [1.54, 1.807) is 0 Å². The van der Waals surface area contributed by atoms with Crippen LogP contribution in [0, 0.1) is 19.8 Å². The molecule has 5 nitrogen and oxygen atoms in total. The summed E-state index contributed by atoms with van der Waals surface area (Å²) in [5.41, 5.74) is 4.50. The van der Waals surface area contributed by atoms with Crippen molar-refractivity contribution >= 4 is 17.2 Å². The summed E-state index contributed by atoms with van der Waals surface area (Å²) in [6.07, 6.45) is 6.41. The molecule has 2 N–H and O–H groups in total. The normalized spacial score (nSPS) is 15.1. The molecular weight excluding hydrogens is 320 g/mol. The number of aromatic amines is 1. The number of hydrogen-bond donors (Lipinski definition) is 2. The molecular formula is C18H26N4OS. The highest BCUT2D eigenvalue weighted by Gasteiger charge is 2.18. The van der Waals surface area contributed by atoms with Gasteiger partial charge in [-0.05, 0) is 51.5 Å². The second kappa shape index (κ2) is 7.47. The van der Waals surface area contributed by atoms with Gasteiger partial charge in [-0.15, -0.1) is 11.3 Å². The second-order valence-electron chi connectivity index (χ2n) is 6.74. The first-order valence-corrected chi connectivity index (χ1v) is 9.62. The summed E-state index contributed by atoms with van der Waals surface area (Å²) in [7, 11) is 0. The van der Waals surface area contributed by atoms with Crippen molar-refractivity contribution in [2.24, 2.45) is 5.92 Å². The minimum atomic E-state index is -0.0514. The van der Waals surface area contributed by atoms with Gasteiger partial charge < -0.3 is 5.32 Å². The van der Waals surface area contributed by atoms with Crippen molar-refractivity contribution < 1.29 is 4.79 Å². The SMILES string of the molecule is Cc1n[nH]c(C)c1C[C@@H](C)C(=O)NCCc1nc2c(s1)CCCC2. The number of carbonyl (C=O) groups excluding carboxylic acids is 1. The monoisotopic (exact) mass is 346 g/mol. The van der Waals surface area contributed by atoms with Gasteiger partial charge in [0.05, 0.1) is 16.4 Å². The number of thiazole rings is 1. The van der Waals surface area contributed by atoms with Crippen LogP contribution in [0.25, 0.3) is 0 Å². The largest absolute Gasteiger partial charge is 0.355 e.